The largest absolute Gasteiger partial charge is 0.355 e. The third-order valence-electron chi connectivity index (χ3n) is 3.04. The zero-order chi connectivity index (χ0) is 12.8. The number of amides is 1. The molecule has 2 heterocycles. The van der Waals surface area contributed by atoms with Crippen LogP contribution < -0.4 is 5.32 Å². The fourth-order valence-corrected chi connectivity index (χ4v) is 2.13. The maximum absolute atomic E-state index is 11.9. The molecule has 0 aliphatic carbocycles. The third kappa shape index (κ3) is 3.05. The van der Waals surface area contributed by atoms with Crippen molar-refractivity contribution in [3.05, 3.63) is 30.1 Å². The molecule has 0 bridgehead atoms. The van der Waals surface area contributed by atoms with Gasteiger partial charge in [0.05, 0.1) is 18.2 Å². The predicted molar refractivity (Wildman–Crippen MR) is 66.3 cm³/mol. The topological polar surface area (TPSA) is 69.0 Å². The predicted octanol–water partition coefficient (Wildman–Crippen LogP) is 0.686. The lowest BCUT2D eigenvalue weighted by Gasteiger charge is -2.25. The van der Waals surface area contributed by atoms with Gasteiger partial charge in [-0.3, -0.25) is 14.7 Å². The molecule has 18 heavy (non-hydrogen) atoms. The number of nitrogens with one attached hydrogen (secondary N) is 1. The molecule has 5 nitrogen and oxygen atoms in total. The second kappa shape index (κ2) is 6.12. The molecule has 1 unspecified atom stereocenters. The highest BCUT2D eigenvalue weighted by atomic mass is 16.2. The highest BCUT2D eigenvalue weighted by Gasteiger charge is 2.27. The SMILES string of the molecule is N#CCC1C(=O)NCCCN1Cc1ccccn1. The van der Waals surface area contributed by atoms with Crippen molar-refractivity contribution in [2.24, 2.45) is 0 Å². The van der Waals surface area contributed by atoms with Crippen LogP contribution in [-0.4, -0.2) is 34.9 Å². The summed E-state index contributed by atoms with van der Waals surface area (Å²) in [6.45, 7) is 2.10. The van der Waals surface area contributed by atoms with Gasteiger partial charge in [-0.1, -0.05) is 6.07 Å². The highest BCUT2D eigenvalue weighted by Crippen LogP contribution is 2.12. The maximum Gasteiger partial charge on any atom is 0.238 e. The van der Waals surface area contributed by atoms with E-state index in [0.717, 1.165) is 18.7 Å². The highest BCUT2D eigenvalue weighted by molar-refractivity contribution is 5.82. The first-order chi connectivity index (χ1) is 8.81. The zero-order valence-electron chi connectivity index (χ0n) is 10.2. The summed E-state index contributed by atoms with van der Waals surface area (Å²) in [7, 11) is 0. The molecule has 5 heteroatoms. The number of nitrogens with zero attached hydrogens (tertiary/aromatic N) is 3. The Balaban J connectivity index is 2.12. The van der Waals surface area contributed by atoms with Gasteiger partial charge in [0.2, 0.25) is 5.91 Å². The van der Waals surface area contributed by atoms with Crippen LogP contribution in [0.5, 0.6) is 0 Å². The van der Waals surface area contributed by atoms with Crippen LogP contribution in [0.15, 0.2) is 24.4 Å². The fourth-order valence-electron chi connectivity index (χ4n) is 2.13. The van der Waals surface area contributed by atoms with E-state index in [2.05, 4.69) is 16.4 Å². The summed E-state index contributed by atoms with van der Waals surface area (Å²) in [4.78, 5) is 18.2. The molecule has 1 amide bonds. The van der Waals surface area contributed by atoms with Crippen LogP contribution in [0.2, 0.25) is 0 Å². The van der Waals surface area contributed by atoms with Gasteiger partial charge in [0.25, 0.3) is 0 Å². The van der Waals surface area contributed by atoms with E-state index in [1.54, 1.807) is 6.20 Å². The molecule has 0 spiro atoms. The van der Waals surface area contributed by atoms with E-state index in [1.807, 2.05) is 23.1 Å². The van der Waals surface area contributed by atoms with Crippen LogP contribution >= 0.6 is 0 Å². The monoisotopic (exact) mass is 244 g/mol. The summed E-state index contributed by atoms with van der Waals surface area (Å²) in [5, 5.41) is 11.7. The summed E-state index contributed by atoms with van der Waals surface area (Å²) >= 11 is 0. The lowest BCUT2D eigenvalue weighted by Crippen LogP contribution is -2.43. The van der Waals surface area contributed by atoms with Gasteiger partial charge in [-0.2, -0.15) is 5.26 Å². The molecular weight excluding hydrogens is 228 g/mol. The molecule has 1 fully saturated rings. The molecule has 94 valence electrons. The number of rotatable bonds is 3. The fraction of sp³-hybridized carbons (Fsp3) is 0.462. The van der Waals surface area contributed by atoms with E-state index in [9.17, 15) is 4.79 Å². The van der Waals surface area contributed by atoms with Gasteiger partial charge in [-0.15, -0.1) is 0 Å². The minimum atomic E-state index is -0.362. The summed E-state index contributed by atoms with van der Waals surface area (Å²) in [5.41, 5.74) is 0.926. The summed E-state index contributed by atoms with van der Waals surface area (Å²) < 4.78 is 0. The number of carbonyl (C=O) groups excluding carboxylic acids is 1. The molecule has 1 aromatic heterocycles. The van der Waals surface area contributed by atoms with Crippen LogP contribution in [0, 0.1) is 11.3 Å². The van der Waals surface area contributed by atoms with Crippen molar-refractivity contribution >= 4 is 5.91 Å². The molecule has 1 N–H and O–H groups in total. The Morgan fingerprint density at radius 3 is 3.17 bits per heavy atom. The molecule has 1 aromatic rings. The quantitative estimate of drug-likeness (QED) is 0.849. The van der Waals surface area contributed by atoms with E-state index < -0.39 is 0 Å². The van der Waals surface area contributed by atoms with E-state index >= 15 is 0 Å². The second-order valence-electron chi connectivity index (χ2n) is 4.31. The lowest BCUT2D eigenvalue weighted by atomic mass is 10.1. The van der Waals surface area contributed by atoms with Crippen LogP contribution in [0.3, 0.4) is 0 Å². The van der Waals surface area contributed by atoms with Crippen LogP contribution in [-0.2, 0) is 11.3 Å². The molecule has 1 atom stereocenters. The molecule has 1 aliphatic rings. The molecule has 2 rings (SSSR count). The van der Waals surface area contributed by atoms with Crippen molar-refractivity contribution in [1.29, 1.82) is 5.26 Å². The van der Waals surface area contributed by atoms with Crippen molar-refractivity contribution in [3.8, 4) is 6.07 Å². The van der Waals surface area contributed by atoms with Gasteiger partial charge in [-0.05, 0) is 18.6 Å². The Hall–Kier alpha value is -1.93. The minimum absolute atomic E-state index is 0.0509. The van der Waals surface area contributed by atoms with Crippen molar-refractivity contribution in [2.75, 3.05) is 13.1 Å². The van der Waals surface area contributed by atoms with Gasteiger partial charge in [0, 0.05) is 25.8 Å². The summed E-state index contributed by atoms with van der Waals surface area (Å²) in [5.74, 6) is -0.0509. The molecule has 1 saturated heterocycles. The Morgan fingerprint density at radius 2 is 2.44 bits per heavy atom. The first kappa shape index (κ1) is 12.5. The maximum atomic E-state index is 11.9. The Kier molecular flexibility index (Phi) is 4.26. The van der Waals surface area contributed by atoms with Crippen molar-refractivity contribution in [1.82, 2.24) is 15.2 Å². The van der Waals surface area contributed by atoms with E-state index in [1.165, 1.54) is 0 Å². The van der Waals surface area contributed by atoms with Gasteiger partial charge < -0.3 is 5.32 Å². The number of nitriles is 1. The average molecular weight is 244 g/mol. The Labute approximate surface area is 106 Å². The van der Waals surface area contributed by atoms with Gasteiger partial charge in [-0.25, -0.2) is 0 Å². The second-order valence-corrected chi connectivity index (χ2v) is 4.31. The first-order valence-corrected chi connectivity index (χ1v) is 6.10. The van der Waals surface area contributed by atoms with Gasteiger partial charge in [0.15, 0.2) is 0 Å². The van der Waals surface area contributed by atoms with Crippen LogP contribution in [0.1, 0.15) is 18.5 Å². The lowest BCUT2D eigenvalue weighted by molar-refractivity contribution is -0.125. The van der Waals surface area contributed by atoms with Gasteiger partial charge >= 0.3 is 0 Å². The zero-order valence-corrected chi connectivity index (χ0v) is 10.2. The van der Waals surface area contributed by atoms with E-state index in [4.69, 9.17) is 5.26 Å². The van der Waals surface area contributed by atoms with Gasteiger partial charge in [0.1, 0.15) is 6.04 Å². The third-order valence-corrected chi connectivity index (χ3v) is 3.04. The van der Waals surface area contributed by atoms with E-state index in [-0.39, 0.29) is 18.4 Å². The van der Waals surface area contributed by atoms with Crippen LogP contribution in [0.4, 0.5) is 0 Å². The standard InChI is InChI=1S/C13H16N4O/c14-6-5-12-13(18)16-8-3-9-17(12)10-11-4-1-2-7-15-11/h1-2,4,7,12H,3,5,8-10H2,(H,16,18). The number of aromatic nitrogens is 1. The van der Waals surface area contributed by atoms with Crippen molar-refractivity contribution < 1.29 is 4.79 Å². The minimum Gasteiger partial charge on any atom is -0.355 e. The molecule has 0 saturated carbocycles. The Bertz CT molecular complexity index is 440. The van der Waals surface area contributed by atoms with E-state index in [0.29, 0.717) is 13.1 Å². The first-order valence-electron chi connectivity index (χ1n) is 6.10. The molecule has 0 aromatic carbocycles. The summed E-state index contributed by atoms with van der Waals surface area (Å²) in [6.07, 6.45) is 2.87. The molecule has 0 radical (unpaired) electrons. The smallest absolute Gasteiger partial charge is 0.238 e. The normalized spacial score (nSPS) is 20.8. The Morgan fingerprint density at radius 1 is 1.56 bits per heavy atom. The van der Waals surface area contributed by atoms with Crippen molar-refractivity contribution in [3.63, 3.8) is 0 Å². The van der Waals surface area contributed by atoms with Crippen LogP contribution in [0.25, 0.3) is 0 Å². The average Bonchev–Trinajstić information content (AvgIpc) is 2.56. The summed E-state index contributed by atoms with van der Waals surface area (Å²) in [6, 6.07) is 7.46. The molecule has 1 aliphatic heterocycles. The number of carbonyl (C=O) groups is 1. The van der Waals surface area contributed by atoms with Crippen molar-refractivity contribution in [2.45, 2.75) is 25.4 Å². The number of hydrogen-bond donors (Lipinski definition) is 1. The molecular formula is C13H16N4O. The number of pyridine rings is 1. The number of hydrogen-bond acceptors (Lipinski definition) is 4.